The number of amides is 1. The summed E-state index contributed by atoms with van der Waals surface area (Å²) in [5, 5.41) is 3.12. The Bertz CT molecular complexity index is 710. The molecule has 0 aliphatic carbocycles. The SMILES string of the molecule is COc1ccc(-c2ccc(C(=O)N[C@@H]3C[C@@H]4CCN(C4)C3)o2)cc1. The number of methoxy groups -OCH3 is 1. The van der Waals surface area contributed by atoms with Crippen molar-refractivity contribution in [2.45, 2.75) is 18.9 Å². The van der Waals surface area contributed by atoms with Crippen molar-refractivity contribution in [2.75, 3.05) is 26.7 Å². The molecule has 2 aliphatic heterocycles. The first kappa shape index (κ1) is 15.3. The number of hydrogen-bond donors (Lipinski definition) is 1. The van der Waals surface area contributed by atoms with Crippen LogP contribution in [0.5, 0.6) is 5.75 Å². The van der Waals surface area contributed by atoms with Gasteiger partial charge in [0.25, 0.3) is 5.91 Å². The van der Waals surface area contributed by atoms with Gasteiger partial charge in [0, 0.05) is 24.7 Å². The average Bonchev–Trinajstić information content (AvgIpc) is 3.22. The maximum Gasteiger partial charge on any atom is 0.287 e. The molecule has 24 heavy (non-hydrogen) atoms. The Labute approximate surface area is 141 Å². The highest BCUT2D eigenvalue weighted by atomic mass is 16.5. The van der Waals surface area contributed by atoms with Crippen LogP contribution in [0.1, 0.15) is 23.4 Å². The summed E-state index contributed by atoms with van der Waals surface area (Å²) in [6.45, 7) is 3.31. The number of carbonyl (C=O) groups is 1. The fourth-order valence-corrected chi connectivity index (χ4v) is 3.79. The Hall–Kier alpha value is -2.27. The molecule has 1 amide bonds. The third-order valence-electron chi connectivity index (χ3n) is 5.01. The molecule has 2 aliphatic rings. The zero-order valence-electron chi connectivity index (χ0n) is 13.8. The Morgan fingerprint density at radius 2 is 2.04 bits per heavy atom. The largest absolute Gasteiger partial charge is 0.497 e. The first-order valence-electron chi connectivity index (χ1n) is 8.49. The van der Waals surface area contributed by atoms with Gasteiger partial charge >= 0.3 is 0 Å². The summed E-state index contributed by atoms with van der Waals surface area (Å²) in [7, 11) is 1.64. The van der Waals surface area contributed by atoms with Crippen molar-refractivity contribution in [3.05, 3.63) is 42.2 Å². The molecule has 2 bridgehead atoms. The number of fused-ring (bicyclic) bond motifs is 2. The van der Waals surface area contributed by atoms with E-state index < -0.39 is 0 Å². The predicted molar refractivity (Wildman–Crippen MR) is 91.1 cm³/mol. The Morgan fingerprint density at radius 1 is 1.21 bits per heavy atom. The van der Waals surface area contributed by atoms with E-state index >= 15 is 0 Å². The van der Waals surface area contributed by atoms with Crippen LogP contribution in [0.4, 0.5) is 0 Å². The van der Waals surface area contributed by atoms with E-state index in [0.717, 1.165) is 30.2 Å². The lowest BCUT2D eigenvalue weighted by molar-refractivity contribution is 0.0882. The second-order valence-corrected chi connectivity index (χ2v) is 6.71. The lowest BCUT2D eigenvalue weighted by atomic mass is 9.97. The zero-order chi connectivity index (χ0) is 16.5. The molecule has 0 spiro atoms. The van der Waals surface area contributed by atoms with Gasteiger partial charge in [0.05, 0.1) is 7.11 Å². The molecule has 1 N–H and O–H groups in total. The molecule has 126 valence electrons. The molecule has 1 aromatic carbocycles. The van der Waals surface area contributed by atoms with Gasteiger partial charge in [0.1, 0.15) is 11.5 Å². The van der Waals surface area contributed by atoms with Crippen LogP contribution in [-0.4, -0.2) is 43.6 Å². The van der Waals surface area contributed by atoms with E-state index in [4.69, 9.17) is 9.15 Å². The quantitative estimate of drug-likeness (QED) is 0.939. The first-order valence-corrected chi connectivity index (χ1v) is 8.49. The van der Waals surface area contributed by atoms with Gasteiger partial charge in [-0.3, -0.25) is 4.79 Å². The maximum absolute atomic E-state index is 12.4. The number of hydrogen-bond acceptors (Lipinski definition) is 4. The van der Waals surface area contributed by atoms with Crippen molar-refractivity contribution in [3.8, 4) is 17.1 Å². The predicted octanol–water partition coefficient (Wildman–Crippen LogP) is 2.78. The van der Waals surface area contributed by atoms with Crippen LogP contribution in [0.2, 0.25) is 0 Å². The number of nitrogens with one attached hydrogen (secondary N) is 1. The van der Waals surface area contributed by atoms with Gasteiger partial charge in [-0.05, 0) is 61.7 Å². The van der Waals surface area contributed by atoms with Crippen LogP contribution >= 0.6 is 0 Å². The van der Waals surface area contributed by atoms with Crippen LogP contribution in [0.3, 0.4) is 0 Å². The molecule has 2 aromatic rings. The molecule has 2 saturated heterocycles. The van der Waals surface area contributed by atoms with Crippen LogP contribution < -0.4 is 10.1 Å². The Kier molecular flexibility index (Phi) is 4.02. The Morgan fingerprint density at radius 3 is 2.79 bits per heavy atom. The summed E-state index contributed by atoms with van der Waals surface area (Å²) < 4.78 is 10.9. The van der Waals surface area contributed by atoms with Crippen molar-refractivity contribution in [1.82, 2.24) is 10.2 Å². The van der Waals surface area contributed by atoms with E-state index in [2.05, 4.69) is 10.2 Å². The molecular formula is C19H22N2O3. The van der Waals surface area contributed by atoms with Crippen molar-refractivity contribution in [2.24, 2.45) is 5.92 Å². The summed E-state index contributed by atoms with van der Waals surface area (Å²) >= 11 is 0. The van der Waals surface area contributed by atoms with Crippen LogP contribution in [0.25, 0.3) is 11.3 Å². The molecule has 5 heteroatoms. The summed E-state index contributed by atoms with van der Waals surface area (Å²) in [5.74, 6) is 2.46. The highest BCUT2D eigenvalue weighted by molar-refractivity contribution is 5.92. The number of benzene rings is 1. The second-order valence-electron chi connectivity index (χ2n) is 6.71. The molecule has 5 nitrogen and oxygen atoms in total. The van der Waals surface area contributed by atoms with E-state index in [9.17, 15) is 4.79 Å². The van der Waals surface area contributed by atoms with E-state index in [0.29, 0.717) is 11.5 Å². The number of piperidine rings is 1. The highest BCUT2D eigenvalue weighted by Gasteiger charge is 2.33. The lowest BCUT2D eigenvalue weighted by Gasteiger charge is -2.30. The molecule has 3 atom stereocenters. The Balaban J connectivity index is 1.42. The normalized spacial score (nSPS) is 25.5. The van der Waals surface area contributed by atoms with Crippen LogP contribution in [-0.2, 0) is 0 Å². The number of ether oxygens (including phenoxy) is 1. The van der Waals surface area contributed by atoms with Crippen molar-refractivity contribution >= 4 is 5.91 Å². The van der Waals surface area contributed by atoms with Gasteiger partial charge in [-0.1, -0.05) is 0 Å². The summed E-state index contributed by atoms with van der Waals surface area (Å²) in [4.78, 5) is 14.9. The molecule has 1 unspecified atom stereocenters. The van der Waals surface area contributed by atoms with E-state index in [-0.39, 0.29) is 11.9 Å². The molecule has 1 aromatic heterocycles. The molecule has 0 saturated carbocycles. The molecule has 4 rings (SSSR count). The molecule has 0 radical (unpaired) electrons. The molecule has 3 heterocycles. The summed E-state index contributed by atoms with van der Waals surface area (Å²) in [6, 6.07) is 11.4. The van der Waals surface area contributed by atoms with E-state index in [1.807, 2.05) is 30.3 Å². The summed E-state index contributed by atoms with van der Waals surface area (Å²) in [5.41, 5.74) is 0.927. The second kappa shape index (κ2) is 6.32. The van der Waals surface area contributed by atoms with Gasteiger partial charge < -0.3 is 19.4 Å². The number of nitrogens with zero attached hydrogens (tertiary/aromatic N) is 1. The highest BCUT2D eigenvalue weighted by Crippen LogP contribution is 2.28. The fourth-order valence-electron chi connectivity index (χ4n) is 3.79. The maximum atomic E-state index is 12.4. The zero-order valence-corrected chi connectivity index (χ0v) is 13.8. The topological polar surface area (TPSA) is 54.7 Å². The van der Waals surface area contributed by atoms with Crippen molar-refractivity contribution in [1.29, 1.82) is 0 Å². The van der Waals surface area contributed by atoms with Gasteiger partial charge in [-0.25, -0.2) is 0 Å². The van der Waals surface area contributed by atoms with Crippen molar-refractivity contribution in [3.63, 3.8) is 0 Å². The number of carbonyl (C=O) groups excluding carboxylic acids is 1. The van der Waals surface area contributed by atoms with E-state index in [1.165, 1.54) is 19.5 Å². The molecular weight excluding hydrogens is 304 g/mol. The minimum atomic E-state index is -0.123. The fraction of sp³-hybridized carbons (Fsp3) is 0.421. The van der Waals surface area contributed by atoms with Gasteiger partial charge in [-0.15, -0.1) is 0 Å². The average molecular weight is 326 g/mol. The van der Waals surface area contributed by atoms with Crippen LogP contribution in [0, 0.1) is 5.92 Å². The standard InChI is InChI=1S/C19H22N2O3/c1-23-16-4-2-14(3-5-16)17-6-7-18(24-17)19(22)20-15-10-13-8-9-21(11-13)12-15/h2-7,13,15H,8-12H2,1H3,(H,20,22)/t13-,15+/m0/s1. The third kappa shape index (κ3) is 3.04. The lowest BCUT2D eigenvalue weighted by Crippen LogP contribution is -2.46. The smallest absolute Gasteiger partial charge is 0.287 e. The summed E-state index contributed by atoms with van der Waals surface area (Å²) in [6.07, 6.45) is 2.34. The minimum absolute atomic E-state index is 0.123. The third-order valence-corrected chi connectivity index (χ3v) is 5.01. The van der Waals surface area contributed by atoms with Crippen molar-refractivity contribution < 1.29 is 13.9 Å². The monoisotopic (exact) mass is 326 g/mol. The number of furan rings is 1. The van der Waals surface area contributed by atoms with E-state index in [1.54, 1.807) is 13.2 Å². The molecule has 2 fully saturated rings. The van der Waals surface area contributed by atoms with Gasteiger partial charge in [0.2, 0.25) is 0 Å². The van der Waals surface area contributed by atoms with Crippen LogP contribution in [0.15, 0.2) is 40.8 Å². The van der Waals surface area contributed by atoms with Gasteiger partial charge in [-0.2, -0.15) is 0 Å². The number of rotatable bonds is 4. The minimum Gasteiger partial charge on any atom is -0.497 e. The van der Waals surface area contributed by atoms with Gasteiger partial charge in [0.15, 0.2) is 5.76 Å². The first-order chi connectivity index (χ1) is 11.7.